The fourth-order valence-corrected chi connectivity index (χ4v) is 4.59. The molecule has 0 spiro atoms. The topological polar surface area (TPSA) is 58.6 Å². The van der Waals surface area contributed by atoms with E-state index in [1.807, 2.05) is 12.1 Å². The molecule has 2 aromatic carbocycles. The molecule has 2 aromatic rings. The summed E-state index contributed by atoms with van der Waals surface area (Å²) in [5.41, 5.74) is 2.28. The number of nitrogens with zero attached hydrogens (tertiary/aromatic N) is 1. The van der Waals surface area contributed by atoms with Crippen LogP contribution in [-0.4, -0.2) is 45.9 Å². The third-order valence-electron chi connectivity index (χ3n) is 4.72. The van der Waals surface area contributed by atoms with E-state index >= 15 is 0 Å². The molecule has 1 aliphatic heterocycles. The zero-order valence-corrected chi connectivity index (χ0v) is 13.8. The number of hydrogen-bond donors (Lipinski definition) is 1. The summed E-state index contributed by atoms with van der Waals surface area (Å²) in [7, 11) is -3.30. The smallest absolute Gasteiger partial charge is 0.209 e. The zero-order chi connectivity index (χ0) is 16.0. The van der Waals surface area contributed by atoms with Crippen molar-refractivity contribution in [1.82, 2.24) is 9.62 Å². The average Bonchev–Trinajstić information content (AvgIpc) is 2.83. The summed E-state index contributed by atoms with van der Waals surface area (Å²) in [6, 6.07) is 12.2. The molecule has 2 aliphatic rings. The second-order valence-electron chi connectivity index (χ2n) is 6.25. The number of nitrogens with one attached hydrogen (secondary N) is 1. The van der Waals surface area contributed by atoms with E-state index in [2.05, 4.69) is 33.9 Å². The molecule has 1 aliphatic carbocycles. The maximum Gasteiger partial charge on any atom is 0.209 e. The summed E-state index contributed by atoms with van der Waals surface area (Å²) < 4.78 is 32.2. The molecule has 0 radical (unpaired) electrons. The van der Waals surface area contributed by atoms with Crippen molar-refractivity contribution in [3.63, 3.8) is 0 Å². The van der Waals surface area contributed by atoms with Crippen LogP contribution in [0.1, 0.15) is 23.2 Å². The second-order valence-corrected chi connectivity index (χ2v) is 8.03. The summed E-state index contributed by atoms with van der Waals surface area (Å²) in [5, 5.41) is 2.35. The van der Waals surface area contributed by atoms with Crippen molar-refractivity contribution in [1.29, 1.82) is 0 Å². The third kappa shape index (κ3) is 2.65. The maximum atomic E-state index is 11.9. The van der Waals surface area contributed by atoms with E-state index < -0.39 is 10.0 Å². The van der Waals surface area contributed by atoms with Gasteiger partial charge in [-0.25, -0.2) is 13.1 Å². The van der Waals surface area contributed by atoms with Gasteiger partial charge in [-0.15, -0.1) is 0 Å². The van der Waals surface area contributed by atoms with Crippen LogP contribution in [0.25, 0.3) is 10.8 Å². The van der Waals surface area contributed by atoms with Gasteiger partial charge in [0.15, 0.2) is 0 Å². The highest BCUT2D eigenvalue weighted by atomic mass is 32.2. The largest absolute Gasteiger partial charge is 0.379 e. The van der Waals surface area contributed by atoms with Gasteiger partial charge in [-0.3, -0.25) is 4.90 Å². The van der Waals surface area contributed by atoms with Crippen molar-refractivity contribution in [2.45, 2.75) is 12.1 Å². The quantitative estimate of drug-likeness (QED) is 0.931. The number of hydrogen-bond acceptors (Lipinski definition) is 4. The zero-order valence-electron chi connectivity index (χ0n) is 13.0. The van der Waals surface area contributed by atoms with Crippen LogP contribution < -0.4 is 4.72 Å². The Morgan fingerprint density at radius 3 is 2.39 bits per heavy atom. The molecule has 0 aromatic heterocycles. The Labute approximate surface area is 136 Å². The van der Waals surface area contributed by atoms with Crippen LogP contribution in [0.5, 0.6) is 0 Å². The number of ether oxygens (including phenoxy) is 1. The van der Waals surface area contributed by atoms with E-state index in [1.54, 1.807) is 0 Å². The van der Waals surface area contributed by atoms with Crippen molar-refractivity contribution in [2.24, 2.45) is 0 Å². The van der Waals surface area contributed by atoms with Gasteiger partial charge < -0.3 is 4.74 Å². The first-order chi connectivity index (χ1) is 11.0. The molecule has 2 atom stereocenters. The number of benzene rings is 2. The summed E-state index contributed by atoms with van der Waals surface area (Å²) in [5.74, 6) is 0. The molecule has 1 N–H and O–H groups in total. The molecule has 0 unspecified atom stereocenters. The van der Waals surface area contributed by atoms with Gasteiger partial charge in [-0.05, 0) is 21.9 Å². The molecule has 1 saturated heterocycles. The molecular formula is C17H20N2O3S. The van der Waals surface area contributed by atoms with Crippen LogP contribution >= 0.6 is 0 Å². The highest BCUT2D eigenvalue weighted by molar-refractivity contribution is 7.88. The van der Waals surface area contributed by atoms with Crippen LogP contribution in [0, 0.1) is 0 Å². The van der Waals surface area contributed by atoms with E-state index in [-0.39, 0.29) is 12.1 Å². The van der Waals surface area contributed by atoms with E-state index in [0.29, 0.717) is 13.2 Å². The Morgan fingerprint density at radius 1 is 1.09 bits per heavy atom. The van der Waals surface area contributed by atoms with Crippen LogP contribution in [0.15, 0.2) is 36.4 Å². The van der Waals surface area contributed by atoms with Crippen LogP contribution in [0.4, 0.5) is 0 Å². The maximum absolute atomic E-state index is 11.9. The first-order valence-corrected chi connectivity index (χ1v) is 9.74. The lowest BCUT2D eigenvalue weighted by atomic mass is 10.0. The molecule has 5 nitrogen and oxygen atoms in total. The van der Waals surface area contributed by atoms with Crippen molar-refractivity contribution >= 4 is 20.8 Å². The predicted octanol–water partition coefficient (Wildman–Crippen LogP) is 1.82. The molecule has 1 heterocycles. The summed E-state index contributed by atoms with van der Waals surface area (Å²) in [6.07, 6.45) is 1.23. The lowest BCUT2D eigenvalue weighted by Gasteiger charge is -2.36. The van der Waals surface area contributed by atoms with Gasteiger partial charge in [0.1, 0.15) is 0 Å². The van der Waals surface area contributed by atoms with Gasteiger partial charge in [0, 0.05) is 13.1 Å². The Balaban J connectivity index is 1.87. The average molecular weight is 332 g/mol. The molecule has 122 valence electrons. The molecule has 0 amide bonds. The lowest BCUT2D eigenvalue weighted by molar-refractivity contribution is 0.0106. The van der Waals surface area contributed by atoms with Gasteiger partial charge in [0.05, 0.1) is 31.6 Å². The minimum Gasteiger partial charge on any atom is -0.379 e. The SMILES string of the molecule is CS(=O)(=O)N[C@@H]1c2cccc3cccc(c23)[C@@H]1N1CCOCC1. The Kier molecular flexibility index (Phi) is 3.65. The standard InChI is InChI=1S/C17H20N2O3S/c1-23(20,21)18-16-13-6-2-4-12-5-3-7-14(15(12)13)17(16)19-8-10-22-11-9-19/h2-7,16-18H,8-11H2,1H3/t16-,17+/m1/s1. The van der Waals surface area contributed by atoms with Gasteiger partial charge in [-0.1, -0.05) is 36.4 Å². The second kappa shape index (κ2) is 5.56. The Morgan fingerprint density at radius 2 is 1.74 bits per heavy atom. The highest BCUT2D eigenvalue weighted by Gasteiger charge is 2.39. The highest BCUT2D eigenvalue weighted by Crippen LogP contribution is 2.47. The van der Waals surface area contributed by atoms with Gasteiger partial charge in [0.25, 0.3) is 0 Å². The normalized spacial score (nSPS) is 25.1. The van der Waals surface area contributed by atoms with Crippen molar-refractivity contribution in [2.75, 3.05) is 32.6 Å². The molecular weight excluding hydrogens is 312 g/mol. The van der Waals surface area contributed by atoms with E-state index in [1.165, 1.54) is 17.2 Å². The van der Waals surface area contributed by atoms with Crippen LogP contribution in [-0.2, 0) is 14.8 Å². The Hall–Kier alpha value is -1.47. The molecule has 0 bridgehead atoms. The van der Waals surface area contributed by atoms with Gasteiger partial charge in [-0.2, -0.15) is 0 Å². The minimum atomic E-state index is -3.30. The molecule has 1 fully saturated rings. The first-order valence-electron chi connectivity index (χ1n) is 7.85. The summed E-state index contributed by atoms with van der Waals surface area (Å²) in [6.45, 7) is 3.01. The van der Waals surface area contributed by atoms with Crippen molar-refractivity contribution in [3.8, 4) is 0 Å². The molecule has 23 heavy (non-hydrogen) atoms. The molecule has 4 rings (SSSR count). The van der Waals surface area contributed by atoms with Crippen LogP contribution in [0.3, 0.4) is 0 Å². The first kappa shape index (κ1) is 15.1. The number of rotatable bonds is 3. The monoisotopic (exact) mass is 332 g/mol. The fraction of sp³-hybridized carbons (Fsp3) is 0.412. The van der Waals surface area contributed by atoms with E-state index in [0.717, 1.165) is 24.0 Å². The van der Waals surface area contributed by atoms with Gasteiger partial charge in [0.2, 0.25) is 10.0 Å². The summed E-state index contributed by atoms with van der Waals surface area (Å²) >= 11 is 0. The Bertz CT molecular complexity index is 839. The minimum absolute atomic E-state index is 0.0229. The van der Waals surface area contributed by atoms with Crippen LogP contribution in [0.2, 0.25) is 0 Å². The predicted molar refractivity (Wildman–Crippen MR) is 89.8 cm³/mol. The van der Waals surface area contributed by atoms with E-state index in [9.17, 15) is 8.42 Å². The number of sulfonamides is 1. The summed E-state index contributed by atoms with van der Waals surface area (Å²) in [4.78, 5) is 2.33. The number of morpholine rings is 1. The molecule has 6 heteroatoms. The third-order valence-corrected chi connectivity index (χ3v) is 5.40. The van der Waals surface area contributed by atoms with Crippen molar-refractivity contribution < 1.29 is 13.2 Å². The van der Waals surface area contributed by atoms with Gasteiger partial charge >= 0.3 is 0 Å². The fourth-order valence-electron chi connectivity index (χ4n) is 3.88. The van der Waals surface area contributed by atoms with Crippen molar-refractivity contribution in [3.05, 3.63) is 47.5 Å². The molecule has 0 saturated carbocycles. The lowest BCUT2D eigenvalue weighted by Crippen LogP contribution is -2.43. The van der Waals surface area contributed by atoms with E-state index in [4.69, 9.17) is 4.74 Å².